The van der Waals surface area contributed by atoms with E-state index >= 15 is 0 Å². The van der Waals surface area contributed by atoms with Gasteiger partial charge in [0, 0.05) is 25.4 Å². The highest BCUT2D eigenvalue weighted by Gasteiger charge is 2.56. The minimum absolute atomic E-state index is 0.105. The highest BCUT2D eigenvalue weighted by molar-refractivity contribution is 9.10. The number of nitrogens with zero attached hydrogens (tertiary/aromatic N) is 2. The molecule has 0 spiro atoms. The zero-order chi connectivity index (χ0) is 30.6. The monoisotopic (exact) mass is 762 g/mol. The zero-order valence-corrected chi connectivity index (χ0v) is 27.4. The molecular weight excluding hydrogens is 744 g/mol. The van der Waals surface area contributed by atoms with E-state index in [-0.39, 0.29) is 23.3 Å². The van der Waals surface area contributed by atoms with Crippen molar-refractivity contribution in [2.24, 2.45) is 11.1 Å². The number of nitrogens with two attached hydrogens (primary N) is 1. The molecule has 4 aromatic rings. The molecule has 3 heterocycles. The van der Waals surface area contributed by atoms with Gasteiger partial charge in [0.2, 0.25) is 27.7 Å². The molecule has 1 aromatic heterocycles. The first-order chi connectivity index (χ1) is 20.4. The smallest absolute Gasteiger partial charge is 0.308 e. The van der Waals surface area contributed by atoms with Gasteiger partial charge in [-0.3, -0.25) is 23.7 Å². The minimum atomic E-state index is -3.89. The molecule has 43 heavy (non-hydrogen) atoms. The van der Waals surface area contributed by atoms with Crippen molar-refractivity contribution in [3.05, 3.63) is 102 Å². The fourth-order valence-electron chi connectivity index (χ4n) is 5.20. The second-order valence-corrected chi connectivity index (χ2v) is 15.3. The Kier molecular flexibility index (Phi) is 7.98. The molecule has 3 unspecified atom stereocenters. The third-order valence-electron chi connectivity index (χ3n) is 7.13. The van der Waals surface area contributed by atoms with Gasteiger partial charge in [0.15, 0.2) is 0 Å². The van der Waals surface area contributed by atoms with Gasteiger partial charge in [-0.05, 0) is 66.2 Å². The molecule has 2 aliphatic heterocycles. The number of rotatable bonds is 6. The highest BCUT2D eigenvalue weighted by atomic mass is 79.9. The molecule has 0 bridgehead atoms. The summed E-state index contributed by atoms with van der Waals surface area (Å²) in [5.41, 5.74) is 1.54. The van der Waals surface area contributed by atoms with Gasteiger partial charge < -0.3 is 5.32 Å². The molecule has 0 aliphatic carbocycles. The number of anilines is 2. The summed E-state index contributed by atoms with van der Waals surface area (Å²) in [6, 6.07) is 19.6. The van der Waals surface area contributed by atoms with Crippen LogP contribution in [0.15, 0.2) is 96.5 Å². The van der Waals surface area contributed by atoms with Crippen LogP contribution in [0, 0.1) is 5.92 Å². The van der Waals surface area contributed by atoms with Crippen LogP contribution in [0.3, 0.4) is 0 Å². The SMILES string of the molecule is NS(=O)(=O)c1ccc(NC(=O)Cn2c3c(sc2=O)C(c2ccc(Br)cc2)C2C(=O)N(c4ccc(Br)cc4)C(=O)C2S3)cc1. The lowest BCUT2D eigenvalue weighted by molar-refractivity contribution is -0.122. The Morgan fingerprint density at radius 1 is 0.884 bits per heavy atom. The van der Waals surface area contributed by atoms with Gasteiger partial charge in [0.25, 0.3) is 0 Å². The molecule has 15 heteroatoms. The van der Waals surface area contributed by atoms with E-state index in [0.29, 0.717) is 21.3 Å². The lowest BCUT2D eigenvalue weighted by atomic mass is 9.83. The van der Waals surface area contributed by atoms with E-state index in [1.807, 2.05) is 24.3 Å². The quantitative estimate of drug-likeness (QED) is 0.275. The first-order valence-corrected chi connectivity index (χ1v) is 17.5. The number of amides is 3. The van der Waals surface area contributed by atoms with E-state index in [1.54, 1.807) is 24.3 Å². The summed E-state index contributed by atoms with van der Waals surface area (Å²) in [4.78, 5) is 55.4. The van der Waals surface area contributed by atoms with Gasteiger partial charge in [-0.2, -0.15) is 0 Å². The van der Waals surface area contributed by atoms with E-state index in [0.717, 1.165) is 37.6 Å². The van der Waals surface area contributed by atoms with Gasteiger partial charge in [-0.25, -0.2) is 18.5 Å². The number of aromatic nitrogens is 1. The number of fused-ring (bicyclic) bond motifs is 2. The number of nitrogens with one attached hydrogen (secondary N) is 1. The van der Waals surface area contributed by atoms with E-state index < -0.39 is 37.9 Å². The average Bonchev–Trinajstić information content (AvgIpc) is 3.40. The molecule has 220 valence electrons. The third kappa shape index (κ3) is 5.65. The first kappa shape index (κ1) is 30.0. The summed E-state index contributed by atoms with van der Waals surface area (Å²) in [5, 5.41) is 7.44. The number of primary sulfonamides is 1. The minimum Gasteiger partial charge on any atom is -0.325 e. The average molecular weight is 764 g/mol. The lowest BCUT2D eigenvalue weighted by Gasteiger charge is -2.30. The lowest BCUT2D eigenvalue weighted by Crippen LogP contribution is -2.33. The topological polar surface area (TPSA) is 149 Å². The number of carbonyl (C=O) groups excluding carboxylic acids is 3. The molecule has 0 saturated carbocycles. The van der Waals surface area contributed by atoms with Crippen molar-refractivity contribution in [1.29, 1.82) is 0 Å². The number of thioether (sulfide) groups is 1. The van der Waals surface area contributed by atoms with E-state index in [9.17, 15) is 27.6 Å². The Balaban J connectivity index is 1.36. The maximum atomic E-state index is 13.9. The summed E-state index contributed by atoms with van der Waals surface area (Å²) in [7, 11) is -3.89. The van der Waals surface area contributed by atoms with E-state index in [1.165, 1.54) is 33.7 Å². The predicted molar refractivity (Wildman–Crippen MR) is 171 cm³/mol. The molecule has 0 radical (unpaired) electrons. The van der Waals surface area contributed by atoms with Gasteiger partial charge in [0.05, 0.1) is 21.5 Å². The van der Waals surface area contributed by atoms with Gasteiger partial charge >= 0.3 is 4.87 Å². The van der Waals surface area contributed by atoms with Crippen molar-refractivity contribution in [2.75, 3.05) is 10.2 Å². The van der Waals surface area contributed by atoms with Crippen molar-refractivity contribution < 1.29 is 22.8 Å². The van der Waals surface area contributed by atoms with Crippen LogP contribution in [-0.4, -0.2) is 36.0 Å². The van der Waals surface area contributed by atoms with Crippen LogP contribution < -0.4 is 20.2 Å². The van der Waals surface area contributed by atoms with Crippen LogP contribution in [0.2, 0.25) is 0 Å². The standard InChI is InChI=1S/C28H20Br2N4O6S3/c29-15-3-1-14(2-4-15)21-22-23(26(37)34(25(22)36)18-9-5-16(30)6-10-18)41-27-24(21)42-28(38)33(27)13-20(35)32-17-7-11-19(12-8-17)43(31,39)40/h1-12,21-23H,13H2,(H,32,35)(H2,31,39,40). The molecule has 10 nitrogen and oxygen atoms in total. The summed E-state index contributed by atoms with van der Waals surface area (Å²) in [6.45, 7) is -0.350. The largest absolute Gasteiger partial charge is 0.325 e. The normalized spacial score (nSPS) is 19.7. The third-order valence-corrected chi connectivity index (χ3v) is 11.7. The van der Waals surface area contributed by atoms with Crippen LogP contribution in [0.25, 0.3) is 0 Å². The van der Waals surface area contributed by atoms with Crippen molar-refractivity contribution in [3.8, 4) is 0 Å². The summed E-state index contributed by atoms with van der Waals surface area (Å²) in [5.74, 6) is -2.61. The van der Waals surface area contributed by atoms with Crippen LogP contribution in [-0.2, 0) is 31.0 Å². The van der Waals surface area contributed by atoms with Crippen LogP contribution in [0.4, 0.5) is 11.4 Å². The molecule has 3 N–H and O–H groups in total. The van der Waals surface area contributed by atoms with Crippen LogP contribution >= 0.6 is 55.0 Å². The molecule has 3 atom stereocenters. The molecule has 2 aliphatic rings. The maximum absolute atomic E-state index is 13.9. The van der Waals surface area contributed by atoms with Crippen molar-refractivity contribution >= 4 is 94.1 Å². The molecule has 3 amide bonds. The Labute approximate surface area is 270 Å². The number of sulfonamides is 1. The van der Waals surface area contributed by atoms with Gasteiger partial charge in [0.1, 0.15) is 11.8 Å². The fourth-order valence-corrected chi connectivity index (χ4v) is 9.02. The Morgan fingerprint density at radius 3 is 2.09 bits per heavy atom. The van der Waals surface area contributed by atoms with Crippen molar-refractivity contribution in [3.63, 3.8) is 0 Å². The summed E-state index contributed by atoms with van der Waals surface area (Å²) in [6.07, 6.45) is 0. The molecule has 6 rings (SSSR count). The van der Waals surface area contributed by atoms with Gasteiger partial charge in [-0.15, -0.1) is 0 Å². The van der Waals surface area contributed by atoms with E-state index in [4.69, 9.17) is 5.14 Å². The number of halogens is 2. The number of imide groups is 1. The van der Waals surface area contributed by atoms with Crippen molar-refractivity contribution in [1.82, 2.24) is 4.57 Å². The zero-order valence-electron chi connectivity index (χ0n) is 21.8. The first-order valence-electron chi connectivity index (χ1n) is 12.6. The number of hydrogen-bond acceptors (Lipinski definition) is 8. The Morgan fingerprint density at radius 2 is 1.49 bits per heavy atom. The number of hydrogen-bond donors (Lipinski definition) is 2. The molecular formula is C28H20Br2N4O6S3. The molecule has 1 saturated heterocycles. The second-order valence-electron chi connectivity index (χ2n) is 9.82. The Hall–Kier alpha value is -3.08. The van der Waals surface area contributed by atoms with Crippen LogP contribution in [0.1, 0.15) is 16.4 Å². The number of benzene rings is 3. The van der Waals surface area contributed by atoms with Crippen molar-refractivity contribution in [2.45, 2.75) is 27.6 Å². The number of thiazole rings is 1. The molecule has 1 fully saturated rings. The predicted octanol–water partition coefficient (Wildman–Crippen LogP) is 4.52. The Bertz CT molecular complexity index is 1940. The number of carbonyl (C=O) groups is 3. The second kappa shape index (κ2) is 11.4. The van der Waals surface area contributed by atoms with Crippen LogP contribution in [0.5, 0.6) is 0 Å². The fraction of sp³-hybridized carbons (Fsp3) is 0.143. The van der Waals surface area contributed by atoms with E-state index in [2.05, 4.69) is 37.2 Å². The highest BCUT2D eigenvalue weighted by Crippen LogP contribution is 2.54. The maximum Gasteiger partial charge on any atom is 0.308 e. The molecule has 3 aromatic carbocycles. The summed E-state index contributed by atoms with van der Waals surface area (Å²) < 4.78 is 26.0. The summed E-state index contributed by atoms with van der Waals surface area (Å²) >= 11 is 8.90. The van der Waals surface area contributed by atoms with Gasteiger partial charge in [-0.1, -0.05) is 67.1 Å².